The molecule has 1 aliphatic heterocycles. The number of nitrogens with zero attached hydrogens (tertiary/aromatic N) is 2. The molecule has 3 rings (SSSR count). The topological polar surface area (TPSA) is 48.9 Å². The lowest BCUT2D eigenvalue weighted by atomic mass is 10.1. The molecule has 0 unspecified atom stereocenters. The van der Waals surface area contributed by atoms with Crippen LogP contribution in [-0.2, 0) is 19.4 Å². The molecule has 0 aliphatic carbocycles. The first-order valence-corrected chi connectivity index (χ1v) is 10.4. The van der Waals surface area contributed by atoms with Gasteiger partial charge in [-0.15, -0.1) is 35.3 Å². The number of hydrogen-bond acceptors (Lipinski definition) is 4. The smallest absolute Gasteiger partial charge is 0.191 e. The third-order valence-electron chi connectivity index (χ3n) is 4.95. The van der Waals surface area contributed by atoms with Gasteiger partial charge >= 0.3 is 0 Å². The number of hydrogen-bond donors (Lipinski definition) is 2. The van der Waals surface area contributed by atoms with Crippen LogP contribution in [0.1, 0.15) is 21.6 Å². The Hall–Kier alpha value is -1.32. The Bertz CT molecular complexity index is 778. The predicted octanol–water partition coefficient (Wildman–Crippen LogP) is 3.45. The summed E-state index contributed by atoms with van der Waals surface area (Å²) in [6, 6.07) is 8.57. The zero-order valence-corrected chi connectivity index (χ0v) is 20.1. The number of guanidine groups is 1. The van der Waals surface area contributed by atoms with Crippen LogP contribution in [-0.4, -0.2) is 51.2 Å². The molecule has 0 amide bonds. The molecular weight excluding hydrogens is 483 g/mol. The predicted molar refractivity (Wildman–Crippen MR) is 130 cm³/mol. The number of rotatable bonds is 7. The average molecular weight is 514 g/mol. The Morgan fingerprint density at radius 2 is 2.07 bits per heavy atom. The molecule has 1 aromatic heterocycles. The van der Waals surface area contributed by atoms with Crippen LogP contribution in [0, 0.1) is 6.92 Å². The molecule has 2 N–H and O–H groups in total. The van der Waals surface area contributed by atoms with Gasteiger partial charge in [0.15, 0.2) is 5.96 Å². The number of aliphatic imine (C=N–C) groups is 1. The van der Waals surface area contributed by atoms with E-state index in [4.69, 9.17) is 4.74 Å². The highest BCUT2D eigenvalue weighted by molar-refractivity contribution is 14.0. The number of nitrogens with one attached hydrogen (secondary N) is 2. The van der Waals surface area contributed by atoms with Crippen molar-refractivity contribution in [2.75, 3.05) is 40.3 Å². The molecule has 2 aromatic rings. The first kappa shape index (κ1) is 23.0. The number of benzene rings is 1. The molecule has 2 heterocycles. The highest BCUT2D eigenvalue weighted by atomic mass is 127. The maximum atomic E-state index is 5.46. The van der Waals surface area contributed by atoms with E-state index in [1.54, 1.807) is 12.0 Å². The van der Waals surface area contributed by atoms with E-state index in [1.807, 2.05) is 24.5 Å². The lowest BCUT2D eigenvalue weighted by molar-refractivity contribution is 0.260. The van der Waals surface area contributed by atoms with Gasteiger partial charge in [0.05, 0.1) is 7.11 Å². The largest absolute Gasteiger partial charge is 0.496 e. The number of ether oxygens (including phenoxy) is 1. The van der Waals surface area contributed by atoms with Crippen molar-refractivity contribution in [3.8, 4) is 5.75 Å². The van der Waals surface area contributed by atoms with Crippen molar-refractivity contribution in [1.29, 1.82) is 0 Å². The molecule has 7 heteroatoms. The van der Waals surface area contributed by atoms with Gasteiger partial charge < -0.3 is 15.4 Å². The van der Waals surface area contributed by atoms with E-state index >= 15 is 0 Å². The molecule has 154 valence electrons. The Morgan fingerprint density at radius 3 is 2.86 bits per heavy atom. The molecule has 0 bridgehead atoms. The Labute approximate surface area is 189 Å². The molecule has 0 fully saturated rings. The Morgan fingerprint density at radius 1 is 1.25 bits per heavy atom. The first-order chi connectivity index (χ1) is 13.2. The van der Waals surface area contributed by atoms with Crippen LogP contribution in [0.15, 0.2) is 34.6 Å². The Kier molecular flexibility index (Phi) is 9.53. The summed E-state index contributed by atoms with van der Waals surface area (Å²) >= 11 is 1.89. The van der Waals surface area contributed by atoms with Gasteiger partial charge in [-0.2, -0.15) is 0 Å². The van der Waals surface area contributed by atoms with Gasteiger partial charge in [0.1, 0.15) is 5.75 Å². The minimum absolute atomic E-state index is 0. The fourth-order valence-electron chi connectivity index (χ4n) is 3.47. The van der Waals surface area contributed by atoms with Crippen LogP contribution in [0.2, 0.25) is 0 Å². The van der Waals surface area contributed by atoms with Crippen molar-refractivity contribution in [1.82, 2.24) is 15.5 Å². The van der Waals surface area contributed by atoms with Crippen molar-refractivity contribution in [3.05, 3.63) is 51.2 Å². The SMILES string of the molecule is CN=C(NCCc1cc(C)ccc1OC)NCCN1CCc2sccc2C1.I. The van der Waals surface area contributed by atoms with Crippen molar-refractivity contribution in [3.63, 3.8) is 0 Å². The van der Waals surface area contributed by atoms with Gasteiger partial charge in [-0.05, 0) is 48.4 Å². The van der Waals surface area contributed by atoms with E-state index in [1.165, 1.54) is 23.1 Å². The van der Waals surface area contributed by atoms with E-state index in [0.717, 1.165) is 50.9 Å². The zero-order chi connectivity index (χ0) is 19.1. The zero-order valence-electron chi connectivity index (χ0n) is 17.0. The first-order valence-electron chi connectivity index (χ1n) is 9.55. The second kappa shape index (κ2) is 11.6. The Balaban J connectivity index is 0.00000280. The molecule has 28 heavy (non-hydrogen) atoms. The average Bonchev–Trinajstić information content (AvgIpc) is 3.15. The quantitative estimate of drug-likeness (QED) is 0.338. The molecule has 0 saturated carbocycles. The summed E-state index contributed by atoms with van der Waals surface area (Å²) < 4.78 is 5.46. The number of fused-ring (bicyclic) bond motifs is 1. The maximum absolute atomic E-state index is 5.46. The van der Waals surface area contributed by atoms with Crippen LogP contribution >= 0.6 is 35.3 Å². The fraction of sp³-hybridized carbons (Fsp3) is 0.476. The molecule has 1 aromatic carbocycles. The third kappa shape index (κ3) is 6.35. The normalized spacial score (nSPS) is 14.2. The van der Waals surface area contributed by atoms with Crippen LogP contribution in [0.3, 0.4) is 0 Å². The minimum atomic E-state index is 0. The van der Waals surface area contributed by atoms with Gasteiger partial charge in [-0.3, -0.25) is 9.89 Å². The standard InChI is InChI=1S/C21H30N4OS.HI/c1-16-4-5-19(26-3)17(14-16)6-9-23-21(22-2)24-10-12-25-11-7-20-18(15-25)8-13-27-20;/h4-5,8,13-14H,6-7,9-12,15H2,1-3H3,(H2,22,23,24);1H. The van der Waals surface area contributed by atoms with Crippen LogP contribution < -0.4 is 15.4 Å². The monoisotopic (exact) mass is 514 g/mol. The second-order valence-electron chi connectivity index (χ2n) is 6.89. The van der Waals surface area contributed by atoms with Crippen molar-refractivity contribution < 1.29 is 4.74 Å². The molecule has 0 spiro atoms. The molecule has 5 nitrogen and oxygen atoms in total. The summed E-state index contributed by atoms with van der Waals surface area (Å²) in [4.78, 5) is 8.40. The summed E-state index contributed by atoms with van der Waals surface area (Å²) in [5, 5.41) is 9.04. The fourth-order valence-corrected chi connectivity index (χ4v) is 4.36. The number of halogens is 1. The van der Waals surface area contributed by atoms with Gasteiger partial charge in [0, 0.05) is 44.6 Å². The summed E-state index contributed by atoms with van der Waals surface area (Å²) in [5.74, 6) is 1.80. The maximum Gasteiger partial charge on any atom is 0.191 e. The summed E-state index contributed by atoms with van der Waals surface area (Å²) in [5.41, 5.74) is 3.98. The molecule has 0 atom stereocenters. The van der Waals surface area contributed by atoms with Crippen LogP contribution in [0.4, 0.5) is 0 Å². The number of methoxy groups -OCH3 is 1. The highest BCUT2D eigenvalue weighted by Crippen LogP contribution is 2.23. The molecule has 1 aliphatic rings. The summed E-state index contributed by atoms with van der Waals surface area (Å²) in [6.45, 7) is 7.07. The van der Waals surface area contributed by atoms with E-state index in [-0.39, 0.29) is 24.0 Å². The lowest BCUT2D eigenvalue weighted by Gasteiger charge is -2.27. The van der Waals surface area contributed by atoms with Gasteiger partial charge in [-0.25, -0.2) is 0 Å². The highest BCUT2D eigenvalue weighted by Gasteiger charge is 2.16. The lowest BCUT2D eigenvalue weighted by Crippen LogP contribution is -2.43. The van der Waals surface area contributed by atoms with Crippen LogP contribution in [0.5, 0.6) is 5.75 Å². The summed E-state index contributed by atoms with van der Waals surface area (Å²) in [7, 11) is 3.54. The van der Waals surface area contributed by atoms with Crippen LogP contribution in [0.25, 0.3) is 0 Å². The van der Waals surface area contributed by atoms with Gasteiger partial charge in [0.2, 0.25) is 0 Å². The molecule has 0 radical (unpaired) electrons. The molecular formula is C21H31IN4OS. The van der Waals surface area contributed by atoms with Crippen molar-refractivity contribution in [2.45, 2.75) is 26.3 Å². The van der Waals surface area contributed by atoms with E-state index < -0.39 is 0 Å². The second-order valence-corrected chi connectivity index (χ2v) is 7.89. The van der Waals surface area contributed by atoms with Gasteiger partial charge in [-0.1, -0.05) is 17.7 Å². The van der Waals surface area contributed by atoms with Crippen molar-refractivity contribution >= 4 is 41.3 Å². The minimum Gasteiger partial charge on any atom is -0.496 e. The van der Waals surface area contributed by atoms with E-state index in [2.05, 4.69) is 51.0 Å². The third-order valence-corrected chi connectivity index (χ3v) is 5.98. The van der Waals surface area contributed by atoms with Crippen molar-refractivity contribution in [2.24, 2.45) is 4.99 Å². The summed E-state index contributed by atoms with van der Waals surface area (Å²) in [6.07, 6.45) is 2.08. The number of aryl methyl sites for hydroxylation is 1. The van der Waals surface area contributed by atoms with E-state index in [9.17, 15) is 0 Å². The van der Waals surface area contributed by atoms with Gasteiger partial charge in [0.25, 0.3) is 0 Å². The number of thiophene rings is 1. The molecule has 0 saturated heterocycles. The van der Waals surface area contributed by atoms with E-state index in [0.29, 0.717) is 0 Å².